The van der Waals surface area contributed by atoms with E-state index in [1.54, 1.807) is 6.20 Å². The van der Waals surface area contributed by atoms with Gasteiger partial charge in [0.1, 0.15) is 0 Å². The van der Waals surface area contributed by atoms with Gasteiger partial charge in [0.25, 0.3) is 5.24 Å². The lowest BCUT2D eigenvalue weighted by atomic mass is 9.91. The van der Waals surface area contributed by atoms with Crippen LogP contribution in [0.3, 0.4) is 0 Å². The SMILES string of the molecule is O=C1NC/C(=C/c2ccnc(NC3CCC(NCc4cccc(-c5ccccn5)c4)CC3)n2)S1. The Hall–Kier alpha value is -3.23. The molecule has 1 saturated carbocycles. The van der Waals surface area contributed by atoms with E-state index in [0.717, 1.165) is 54.1 Å². The largest absolute Gasteiger partial charge is 0.351 e. The Labute approximate surface area is 203 Å². The van der Waals surface area contributed by atoms with Gasteiger partial charge in [-0.05, 0) is 73.4 Å². The van der Waals surface area contributed by atoms with E-state index in [0.29, 0.717) is 24.6 Å². The maximum Gasteiger partial charge on any atom is 0.283 e. The fourth-order valence-corrected chi connectivity index (χ4v) is 5.09. The summed E-state index contributed by atoms with van der Waals surface area (Å²) in [5, 5.41) is 10.0. The van der Waals surface area contributed by atoms with E-state index < -0.39 is 0 Å². The van der Waals surface area contributed by atoms with Crippen molar-refractivity contribution in [3.63, 3.8) is 0 Å². The molecule has 7 nitrogen and oxygen atoms in total. The molecule has 0 unspecified atom stereocenters. The smallest absolute Gasteiger partial charge is 0.283 e. The van der Waals surface area contributed by atoms with Gasteiger partial charge >= 0.3 is 0 Å². The first-order valence-corrected chi connectivity index (χ1v) is 12.5. The second kappa shape index (κ2) is 10.8. The van der Waals surface area contributed by atoms with Crippen molar-refractivity contribution < 1.29 is 4.79 Å². The van der Waals surface area contributed by atoms with Gasteiger partial charge in [-0.25, -0.2) is 9.97 Å². The van der Waals surface area contributed by atoms with Crippen molar-refractivity contribution >= 4 is 29.0 Å². The minimum Gasteiger partial charge on any atom is -0.351 e. The van der Waals surface area contributed by atoms with Gasteiger partial charge in [-0.2, -0.15) is 0 Å². The molecule has 34 heavy (non-hydrogen) atoms. The van der Waals surface area contributed by atoms with Crippen molar-refractivity contribution in [1.29, 1.82) is 0 Å². The van der Waals surface area contributed by atoms with Crippen LogP contribution in [0.1, 0.15) is 36.9 Å². The van der Waals surface area contributed by atoms with Crippen LogP contribution in [0.2, 0.25) is 0 Å². The van der Waals surface area contributed by atoms with Gasteiger partial charge in [0, 0.05) is 41.5 Å². The zero-order valence-corrected chi connectivity index (χ0v) is 19.7. The van der Waals surface area contributed by atoms with Crippen LogP contribution in [0.4, 0.5) is 10.7 Å². The summed E-state index contributed by atoms with van der Waals surface area (Å²) >= 11 is 1.22. The molecule has 5 rings (SSSR count). The first kappa shape index (κ1) is 22.6. The lowest BCUT2D eigenvalue weighted by molar-refractivity contribution is 0.262. The van der Waals surface area contributed by atoms with Gasteiger partial charge in [-0.15, -0.1) is 0 Å². The molecule has 2 fully saturated rings. The maximum absolute atomic E-state index is 11.4. The zero-order chi connectivity index (χ0) is 23.2. The number of nitrogens with zero attached hydrogens (tertiary/aromatic N) is 3. The molecule has 0 atom stereocenters. The molecular weight excluding hydrogens is 444 g/mol. The van der Waals surface area contributed by atoms with Crippen molar-refractivity contribution in [3.8, 4) is 11.3 Å². The van der Waals surface area contributed by atoms with Crippen LogP contribution in [0.25, 0.3) is 17.3 Å². The zero-order valence-electron chi connectivity index (χ0n) is 18.9. The van der Waals surface area contributed by atoms with Gasteiger partial charge < -0.3 is 16.0 Å². The Morgan fingerprint density at radius 3 is 2.68 bits per heavy atom. The summed E-state index contributed by atoms with van der Waals surface area (Å²) in [5.74, 6) is 0.652. The van der Waals surface area contributed by atoms with Crippen molar-refractivity contribution in [2.24, 2.45) is 0 Å². The molecule has 1 aliphatic heterocycles. The van der Waals surface area contributed by atoms with Crippen molar-refractivity contribution in [2.45, 2.75) is 44.3 Å². The van der Waals surface area contributed by atoms with Gasteiger partial charge in [0.2, 0.25) is 5.95 Å². The van der Waals surface area contributed by atoms with Gasteiger partial charge in [-0.1, -0.05) is 24.3 Å². The number of aromatic nitrogens is 3. The topological polar surface area (TPSA) is 91.8 Å². The van der Waals surface area contributed by atoms with Crippen LogP contribution in [-0.4, -0.2) is 38.8 Å². The Balaban J connectivity index is 1.10. The Bertz CT molecular complexity index is 1160. The summed E-state index contributed by atoms with van der Waals surface area (Å²) in [4.78, 5) is 25.8. The normalized spacial score (nSPS) is 21.4. The monoisotopic (exact) mass is 472 g/mol. The predicted octanol–water partition coefficient (Wildman–Crippen LogP) is 4.85. The number of benzene rings is 1. The van der Waals surface area contributed by atoms with Crippen molar-refractivity contribution in [2.75, 3.05) is 11.9 Å². The summed E-state index contributed by atoms with van der Waals surface area (Å²) in [5.41, 5.74) is 4.26. The van der Waals surface area contributed by atoms with Gasteiger partial charge in [0.15, 0.2) is 0 Å². The fourth-order valence-electron chi connectivity index (χ4n) is 4.38. The first-order valence-electron chi connectivity index (χ1n) is 11.7. The lowest BCUT2D eigenvalue weighted by Gasteiger charge is -2.30. The number of hydrogen-bond acceptors (Lipinski definition) is 7. The van der Waals surface area contributed by atoms with E-state index in [-0.39, 0.29) is 5.24 Å². The second-order valence-electron chi connectivity index (χ2n) is 8.65. The molecule has 3 N–H and O–H groups in total. The number of hydrogen-bond donors (Lipinski definition) is 3. The fraction of sp³-hybridized carbons (Fsp3) is 0.308. The van der Waals surface area contributed by atoms with E-state index in [2.05, 4.69) is 55.2 Å². The highest BCUT2D eigenvalue weighted by Crippen LogP contribution is 2.25. The van der Waals surface area contributed by atoms with E-state index in [1.807, 2.05) is 36.5 Å². The lowest BCUT2D eigenvalue weighted by Crippen LogP contribution is -2.36. The molecule has 0 radical (unpaired) electrons. The van der Waals surface area contributed by atoms with Crippen LogP contribution >= 0.6 is 11.8 Å². The first-order chi connectivity index (χ1) is 16.7. The molecule has 8 heteroatoms. The van der Waals surface area contributed by atoms with E-state index >= 15 is 0 Å². The minimum absolute atomic E-state index is 0.00932. The molecule has 3 aromatic rings. The summed E-state index contributed by atoms with van der Waals surface area (Å²) in [6, 6.07) is 17.4. The van der Waals surface area contributed by atoms with Crippen LogP contribution in [-0.2, 0) is 6.54 Å². The average molecular weight is 473 g/mol. The second-order valence-corrected chi connectivity index (χ2v) is 9.75. The number of carbonyl (C=O) groups excluding carboxylic acids is 1. The Morgan fingerprint density at radius 2 is 1.88 bits per heavy atom. The van der Waals surface area contributed by atoms with E-state index in [9.17, 15) is 4.79 Å². The molecule has 174 valence electrons. The van der Waals surface area contributed by atoms with Crippen LogP contribution in [0.15, 0.2) is 65.8 Å². The highest BCUT2D eigenvalue weighted by atomic mass is 32.2. The third-order valence-corrected chi connectivity index (χ3v) is 7.01. The number of thioether (sulfide) groups is 1. The number of nitrogens with one attached hydrogen (secondary N) is 3. The molecule has 1 saturated heterocycles. The number of anilines is 1. The average Bonchev–Trinajstić information content (AvgIpc) is 3.29. The number of amides is 1. The van der Waals surface area contributed by atoms with Gasteiger partial charge in [0.05, 0.1) is 17.9 Å². The minimum atomic E-state index is -0.00932. The molecule has 0 bridgehead atoms. The van der Waals surface area contributed by atoms with Crippen LogP contribution < -0.4 is 16.0 Å². The number of pyridine rings is 1. The summed E-state index contributed by atoms with van der Waals surface area (Å²) < 4.78 is 0. The van der Waals surface area contributed by atoms with E-state index in [4.69, 9.17) is 0 Å². The molecule has 2 aliphatic rings. The van der Waals surface area contributed by atoms with Crippen LogP contribution in [0.5, 0.6) is 0 Å². The number of carbonyl (C=O) groups is 1. The molecule has 1 aliphatic carbocycles. The molecular formula is C26H28N6OS. The maximum atomic E-state index is 11.4. The molecule has 1 amide bonds. The predicted molar refractivity (Wildman–Crippen MR) is 137 cm³/mol. The van der Waals surface area contributed by atoms with E-state index in [1.165, 1.54) is 17.3 Å². The number of rotatable bonds is 7. The Kier molecular flexibility index (Phi) is 7.16. The third-order valence-electron chi connectivity index (χ3n) is 6.16. The van der Waals surface area contributed by atoms with Crippen molar-refractivity contribution in [3.05, 3.63) is 77.1 Å². The standard InChI is InChI=1S/C26H28N6OS/c33-26-30-17-23(34-26)15-22-11-13-28-25(32-22)31-21-9-7-20(8-10-21)29-16-18-4-3-5-19(14-18)24-6-1-2-12-27-24/h1-6,11-15,20-21,29H,7-10,16-17H2,(H,30,33)(H,28,31,32)/b23-15-. The molecule has 2 aromatic heterocycles. The molecule has 1 aromatic carbocycles. The Morgan fingerprint density at radius 1 is 1.00 bits per heavy atom. The van der Waals surface area contributed by atoms with Crippen LogP contribution in [0, 0.1) is 0 Å². The highest BCUT2D eigenvalue weighted by Gasteiger charge is 2.21. The summed E-state index contributed by atoms with van der Waals surface area (Å²) in [6.07, 6.45) is 9.93. The summed E-state index contributed by atoms with van der Waals surface area (Å²) in [6.45, 7) is 1.43. The van der Waals surface area contributed by atoms with Gasteiger partial charge in [-0.3, -0.25) is 9.78 Å². The van der Waals surface area contributed by atoms with Crippen molar-refractivity contribution in [1.82, 2.24) is 25.6 Å². The summed E-state index contributed by atoms with van der Waals surface area (Å²) in [7, 11) is 0. The third kappa shape index (κ3) is 6.01. The molecule has 3 heterocycles. The highest BCUT2D eigenvalue weighted by molar-refractivity contribution is 8.17. The quantitative estimate of drug-likeness (QED) is 0.453. The molecule has 0 spiro atoms.